The predicted molar refractivity (Wildman–Crippen MR) is 117 cm³/mol. The van der Waals surface area contributed by atoms with E-state index in [2.05, 4.69) is 16.2 Å². The van der Waals surface area contributed by atoms with Crippen LogP contribution in [0.5, 0.6) is 5.75 Å². The molecule has 0 atom stereocenters. The van der Waals surface area contributed by atoms with E-state index in [4.69, 9.17) is 21.7 Å². The van der Waals surface area contributed by atoms with Gasteiger partial charge in [0, 0.05) is 18.8 Å². The third kappa shape index (κ3) is 5.56. The average molecular weight is 426 g/mol. The van der Waals surface area contributed by atoms with E-state index in [0.29, 0.717) is 24.5 Å². The molecule has 9 heteroatoms. The zero-order valence-electron chi connectivity index (χ0n) is 16.4. The van der Waals surface area contributed by atoms with Gasteiger partial charge in [0.15, 0.2) is 5.11 Å². The van der Waals surface area contributed by atoms with Crippen LogP contribution in [0.15, 0.2) is 60.8 Å². The van der Waals surface area contributed by atoms with Gasteiger partial charge in [-0.3, -0.25) is 25.8 Å². The quantitative estimate of drug-likeness (QED) is 0.304. The molecule has 0 aliphatic heterocycles. The summed E-state index contributed by atoms with van der Waals surface area (Å²) in [6.07, 6.45) is 1.84. The van der Waals surface area contributed by atoms with Crippen LogP contribution in [-0.4, -0.2) is 41.8 Å². The SMILES string of the molecule is COCCOc1ccccc1C(=O)NC(=S)NNC(=O)Cn1ccc2ccccc21. The minimum absolute atomic E-state index is 0.0302. The van der Waals surface area contributed by atoms with Crippen LogP contribution < -0.4 is 20.9 Å². The molecule has 156 valence electrons. The fourth-order valence-corrected chi connectivity index (χ4v) is 2.96. The average Bonchev–Trinajstić information content (AvgIpc) is 3.15. The number of nitrogens with one attached hydrogen (secondary N) is 3. The molecule has 0 saturated carbocycles. The van der Waals surface area contributed by atoms with Gasteiger partial charge >= 0.3 is 0 Å². The summed E-state index contributed by atoms with van der Waals surface area (Å²) in [6.45, 7) is 0.819. The van der Waals surface area contributed by atoms with Gasteiger partial charge in [-0.1, -0.05) is 30.3 Å². The molecule has 0 fully saturated rings. The number of hydrogen-bond donors (Lipinski definition) is 3. The maximum atomic E-state index is 12.5. The Hall–Kier alpha value is -3.43. The fourth-order valence-electron chi connectivity index (χ4n) is 2.82. The number of fused-ring (bicyclic) bond motifs is 1. The van der Waals surface area contributed by atoms with Gasteiger partial charge < -0.3 is 14.0 Å². The van der Waals surface area contributed by atoms with E-state index in [1.807, 2.05) is 41.1 Å². The number of carbonyl (C=O) groups is 2. The largest absolute Gasteiger partial charge is 0.490 e. The maximum Gasteiger partial charge on any atom is 0.261 e. The Bertz CT molecular complexity index is 1050. The number of thiocarbonyl (C=S) groups is 1. The molecule has 0 radical (unpaired) electrons. The van der Waals surface area contributed by atoms with Crippen LogP contribution in [0, 0.1) is 0 Å². The first kappa shape index (κ1) is 21.3. The molecule has 3 N–H and O–H groups in total. The zero-order chi connectivity index (χ0) is 21.3. The van der Waals surface area contributed by atoms with E-state index in [9.17, 15) is 9.59 Å². The summed E-state index contributed by atoms with van der Waals surface area (Å²) >= 11 is 5.10. The maximum absolute atomic E-state index is 12.5. The Kier molecular flexibility index (Phi) is 7.36. The topological polar surface area (TPSA) is 93.6 Å². The number of ether oxygens (including phenoxy) is 2. The van der Waals surface area contributed by atoms with E-state index >= 15 is 0 Å². The second-order valence-electron chi connectivity index (χ2n) is 6.30. The summed E-state index contributed by atoms with van der Waals surface area (Å²) in [4.78, 5) is 24.7. The van der Waals surface area contributed by atoms with Crippen LogP contribution >= 0.6 is 12.2 Å². The van der Waals surface area contributed by atoms with E-state index < -0.39 is 5.91 Å². The van der Waals surface area contributed by atoms with Crippen LogP contribution in [0.3, 0.4) is 0 Å². The Morgan fingerprint density at radius 1 is 1.00 bits per heavy atom. The normalized spacial score (nSPS) is 10.4. The number of aromatic nitrogens is 1. The predicted octanol–water partition coefficient (Wildman–Crippen LogP) is 2.00. The monoisotopic (exact) mass is 426 g/mol. The Labute approximate surface area is 179 Å². The van der Waals surface area contributed by atoms with E-state index in [-0.39, 0.29) is 17.6 Å². The number of nitrogens with zero attached hydrogens (tertiary/aromatic N) is 1. The number of carbonyl (C=O) groups excluding carboxylic acids is 2. The zero-order valence-corrected chi connectivity index (χ0v) is 17.2. The third-order valence-corrected chi connectivity index (χ3v) is 4.42. The Morgan fingerprint density at radius 3 is 2.60 bits per heavy atom. The Balaban J connectivity index is 1.51. The lowest BCUT2D eigenvalue weighted by atomic mass is 10.2. The third-order valence-electron chi connectivity index (χ3n) is 4.21. The summed E-state index contributed by atoms with van der Waals surface area (Å²) in [5.74, 6) is -0.346. The fraction of sp³-hybridized carbons (Fsp3) is 0.190. The minimum Gasteiger partial charge on any atom is -0.490 e. The van der Waals surface area contributed by atoms with Gasteiger partial charge in [-0.15, -0.1) is 0 Å². The van der Waals surface area contributed by atoms with Crippen molar-refractivity contribution in [3.63, 3.8) is 0 Å². The summed E-state index contributed by atoms with van der Waals surface area (Å²) in [7, 11) is 1.57. The van der Waals surface area contributed by atoms with Crippen molar-refractivity contribution in [1.82, 2.24) is 20.7 Å². The molecule has 0 unspecified atom stereocenters. The first-order valence-corrected chi connectivity index (χ1v) is 9.64. The lowest BCUT2D eigenvalue weighted by Crippen LogP contribution is -2.49. The van der Waals surface area contributed by atoms with Crippen LogP contribution in [0.2, 0.25) is 0 Å². The van der Waals surface area contributed by atoms with Gasteiger partial charge in [0.2, 0.25) is 0 Å². The molecule has 0 bridgehead atoms. The lowest BCUT2D eigenvalue weighted by molar-refractivity contribution is -0.122. The van der Waals surface area contributed by atoms with Gasteiger partial charge in [-0.25, -0.2) is 0 Å². The second-order valence-corrected chi connectivity index (χ2v) is 6.70. The van der Waals surface area contributed by atoms with Crippen molar-refractivity contribution in [3.05, 3.63) is 66.4 Å². The summed E-state index contributed by atoms with van der Waals surface area (Å²) in [5.41, 5.74) is 6.30. The molecule has 1 heterocycles. The molecule has 0 spiro atoms. The second kappa shape index (κ2) is 10.4. The summed E-state index contributed by atoms with van der Waals surface area (Å²) in [5, 5.41) is 3.54. The van der Waals surface area contributed by atoms with Gasteiger partial charge in [-0.05, 0) is 41.9 Å². The van der Waals surface area contributed by atoms with Gasteiger partial charge in [0.1, 0.15) is 18.9 Å². The van der Waals surface area contributed by atoms with E-state index in [1.165, 1.54) is 0 Å². The summed E-state index contributed by atoms with van der Waals surface area (Å²) < 4.78 is 12.3. The van der Waals surface area contributed by atoms with Crippen LogP contribution in [0.1, 0.15) is 10.4 Å². The van der Waals surface area contributed by atoms with E-state index in [0.717, 1.165) is 10.9 Å². The van der Waals surface area contributed by atoms with Crippen molar-refractivity contribution in [2.75, 3.05) is 20.3 Å². The van der Waals surface area contributed by atoms with Gasteiger partial charge in [-0.2, -0.15) is 0 Å². The molecule has 30 heavy (non-hydrogen) atoms. The Morgan fingerprint density at radius 2 is 1.77 bits per heavy atom. The molecule has 0 aliphatic rings. The molecule has 3 aromatic rings. The highest BCUT2D eigenvalue weighted by Crippen LogP contribution is 2.17. The molecular weight excluding hydrogens is 404 g/mol. The standard InChI is InChI=1S/C21H22N4O4S/c1-28-12-13-29-18-9-5-3-7-16(18)20(27)22-21(30)24-23-19(26)14-25-11-10-15-6-2-4-8-17(15)25/h2-11H,12-14H2,1H3,(H,23,26)(H2,22,24,27,30). The minimum atomic E-state index is -0.453. The van der Waals surface area contributed by atoms with Gasteiger partial charge in [0.25, 0.3) is 11.8 Å². The molecular formula is C21H22N4O4S. The van der Waals surface area contributed by atoms with Crippen molar-refractivity contribution < 1.29 is 19.1 Å². The van der Waals surface area contributed by atoms with Crippen LogP contribution in [0.4, 0.5) is 0 Å². The molecule has 0 saturated heterocycles. The molecule has 8 nitrogen and oxygen atoms in total. The lowest BCUT2D eigenvalue weighted by Gasteiger charge is -2.13. The van der Waals surface area contributed by atoms with Crippen molar-refractivity contribution in [2.45, 2.75) is 6.54 Å². The molecule has 0 aliphatic carbocycles. The number of amides is 2. The highest BCUT2D eigenvalue weighted by atomic mass is 32.1. The molecule has 3 rings (SSSR count). The van der Waals surface area contributed by atoms with Crippen molar-refractivity contribution in [1.29, 1.82) is 0 Å². The molecule has 2 amide bonds. The van der Waals surface area contributed by atoms with Crippen molar-refractivity contribution >= 4 is 40.0 Å². The van der Waals surface area contributed by atoms with Crippen molar-refractivity contribution in [2.24, 2.45) is 0 Å². The number of hydrogen-bond acceptors (Lipinski definition) is 5. The molecule has 2 aromatic carbocycles. The number of rotatable bonds is 7. The van der Waals surface area contributed by atoms with E-state index in [1.54, 1.807) is 31.4 Å². The smallest absolute Gasteiger partial charge is 0.261 e. The van der Waals surface area contributed by atoms with Gasteiger partial charge in [0.05, 0.1) is 12.2 Å². The van der Waals surface area contributed by atoms with Crippen LogP contribution in [-0.2, 0) is 16.1 Å². The number of hydrazine groups is 1. The number of para-hydroxylation sites is 2. The van der Waals surface area contributed by atoms with Crippen LogP contribution in [0.25, 0.3) is 10.9 Å². The highest BCUT2D eigenvalue weighted by molar-refractivity contribution is 7.80. The number of benzene rings is 2. The first-order chi connectivity index (χ1) is 14.6. The molecule has 1 aromatic heterocycles. The number of methoxy groups -OCH3 is 1. The highest BCUT2D eigenvalue weighted by Gasteiger charge is 2.14. The van der Waals surface area contributed by atoms with Crippen molar-refractivity contribution in [3.8, 4) is 5.75 Å². The first-order valence-electron chi connectivity index (χ1n) is 9.23. The summed E-state index contributed by atoms with van der Waals surface area (Å²) in [6, 6.07) is 16.5.